The summed E-state index contributed by atoms with van der Waals surface area (Å²) in [6.07, 6.45) is 19.8. The third-order valence-electron chi connectivity index (χ3n) is 6.95. The summed E-state index contributed by atoms with van der Waals surface area (Å²) in [6, 6.07) is 0. The molecule has 0 amide bonds. The number of rotatable bonds is 25. The zero-order valence-electron chi connectivity index (χ0n) is 25.1. The molecule has 0 fully saturated rings. The quantitative estimate of drug-likeness (QED) is 0.0792. The van der Waals surface area contributed by atoms with E-state index in [-0.39, 0.29) is 11.9 Å². The first-order chi connectivity index (χ1) is 17.1. The second-order valence-corrected chi connectivity index (χ2v) is 12.0. The Morgan fingerprint density at radius 1 is 0.472 bits per heavy atom. The van der Waals surface area contributed by atoms with Crippen molar-refractivity contribution >= 4 is 11.9 Å². The van der Waals surface area contributed by atoms with E-state index in [9.17, 15) is 9.59 Å². The monoisotopic (exact) mass is 514 g/mol. The lowest BCUT2D eigenvalue weighted by molar-refractivity contribution is -0.939. The zero-order valence-corrected chi connectivity index (χ0v) is 25.1. The Morgan fingerprint density at radius 2 is 0.750 bits per heavy atom. The van der Waals surface area contributed by atoms with E-state index in [1.807, 2.05) is 0 Å². The molecule has 214 valence electrons. The van der Waals surface area contributed by atoms with E-state index < -0.39 is 0 Å². The molecule has 0 radical (unpaired) electrons. The van der Waals surface area contributed by atoms with Gasteiger partial charge in [0.05, 0.1) is 41.4 Å². The van der Waals surface area contributed by atoms with Gasteiger partial charge in [-0.05, 0) is 12.8 Å². The van der Waals surface area contributed by atoms with Crippen LogP contribution in [-0.4, -0.2) is 88.5 Å². The predicted molar refractivity (Wildman–Crippen MR) is 151 cm³/mol. The van der Waals surface area contributed by atoms with Crippen molar-refractivity contribution in [3.63, 3.8) is 0 Å². The van der Waals surface area contributed by atoms with Gasteiger partial charge in [-0.15, -0.1) is 0 Å². The van der Waals surface area contributed by atoms with Crippen molar-refractivity contribution in [3.05, 3.63) is 0 Å². The van der Waals surface area contributed by atoms with Crippen LogP contribution in [0.3, 0.4) is 0 Å². The summed E-state index contributed by atoms with van der Waals surface area (Å²) >= 11 is 0. The second-order valence-electron chi connectivity index (χ2n) is 12.0. The molecule has 0 rings (SSSR count). The SMILES string of the molecule is CCCCCCCCCCOC(=O)C[N+](C)(C)CC[N+](C)(C)CC(=O)OCCCCCCCCCC. The number of ether oxygens (including phenoxy) is 2. The summed E-state index contributed by atoms with van der Waals surface area (Å²) in [5.41, 5.74) is 0. The lowest BCUT2D eigenvalue weighted by Crippen LogP contribution is -2.54. The molecule has 36 heavy (non-hydrogen) atoms. The van der Waals surface area contributed by atoms with Gasteiger partial charge in [-0.25, -0.2) is 9.59 Å². The van der Waals surface area contributed by atoms with Crippen LogP contribution < -0.4 is 0 Å². The molecule has 0 atom stereocenters. The van der Waals surface area contributed by atoms with Crippen molar-refractivity contribution in [2.75, 3.05) is 67.6 Å². The number of quaternary nitrogens is 2. The van der Waals surface area contributed by atoms with Gasteiger partial charge in [-0.2, -0.15) is 0 Å². The molecule has 6 heteroatoms. The third-order valence-corrected chi connectivity index (χ3v) is 6.95. The summed E-state index contributed by atoms with van der Waals surface area (Å²) < 4.78 is 12.1. The molecule has 0 aromatic carbocycles. The number of likely N-dealkylation sites (N-methyl/N-ethyl adjacent to an activating group) is 2. The van der Waals surface area contributed by atoms with Gasteiger partial charge < -0.3 is 18.4 Å². The molecule has 0 aromatic heterocycles. The lowest BCUT2D eigenvalue weighted by atomic mass is 10.1. The van der Waals surface area contributed by atoms with Gasteiger partial charge in [-0.3, -0.25) is 0 Å². The lowest BCUT2D eigenvalue weighted by Gasteiger charge is -2.34. The molecule has 0 aliphatic rings. The van der Waals surface area contributed by atoms with Crippen LogP contribution >= 0.6 is 0 Å². The molecular formula is C30H62N2O4+2. The van der Waals surface area contributed by atoms with Gasteiger partial charge in [0, 0.05) is 0 Å². The molecule has 0 saturated heterocycles. The fourth-order valence-corrected chi connectivity index (χ4v) is 4.33. The molecule has 0 aliphatic heterocycles. The van der Waals surface area contributed by atoms with Gasteiger partial charge in [0.15, 0.2) is 13.1 Å². The molecule has 0 spiro atoms. The first-order valence-electron chi connectivity index (χ1n) is 15.1. The van der Waals surface area contributed by atoms with Crippen molar-refractivity contribution in [2.45, 2.75) is 117 Å². The molecule has 0 saturated carbocycles. The average Bonchev–Trinajstić information content (AvgIpc) is 2.80. The Hall–Kier alpha value is -1.14. The van der Waals surface area contributed by atoms with Crippen LogP contribution in [0.5, 0.6) is 0 Å². The Labute approximate surface area is 224 Å². The smallest absolute Gasteiger partial charge is 0.361 e. The maximum Gasteiger partial charge on any atom is 0.361 e. The number of hydrogen-bond donors (Lipinski definition) is 0. The second kappa shape index (κ2) is 21.9. The van der Waals surface area contributed by atoms with Crippen LogP contribution in [-0.2, 0) is 19.1 Å². The fourth-order valence-electron chi connectivity index (χ4n) is 4.33. The van der Waals surface area contributed by atoms with E-state index in [0.717, 1.165) is 38.8 Å². The van der Waals surface area contributed by atoms with Gasteiger partial charge in [0.2, 0.25) is 0 Å². The van der Waals surface area contributed by atoms with Crippen molar-refractivity contribution in [2.24, 2.45) is 0 Å². The van der Waals surface area contributed by atoms with Crippen LogP contribution in [0, 0.1) is 0 Å². The minimum absolute atomic E-state index is 0.127. The first kappa shape index (κ1) is 34.9. The number of nitrogens with zero attached hydrogens (tertiary/aromatic N) is 2. The number of esters is 2. The van der Waals surface area contributed by atoms with Gasteiger partial charge in [-0.1, -0.05) is 104 Å². The summed E-state index contributed by atoms with van der Waals surface area (Å²) in [5.74, 6) is -0.254. The number of carbonyl (C=O) groups excluding carboxylic acids is 2. The Bertz CT molecular complexity index is 501. The maximum atomic E-state index is 12.3. The third kappa shape index (κ3) is 23.3. The van der Waals surface area contributed by atoms with Crippen LogP contribution in [0.4, 0.5) is 0 Å². The van der Waals surface area contributed by atoms with E-state index >= 15 is 0 Å². The minimum atomic E-state index is -0.127. The number of unbranched alkanes of at least 4 members (excludes halogenated alkanes) is 14. The highest BCUT2D eigenvalue weighted by atomic mass is 16.5. The normalized spacial score (nSPS) is 12.1. The highest BCUT2D eigenvalue weighted by Crippen LogP contribution is 2.10. The molecule has 0 aromatic rings. The summed E-state index contributed by atoms with van der Waals surface area (Å²) in [5, 5.41) is 0. The van der Waals surface area contributed by atoms with Gasteiger partial charge in [0.1, 0.15) is 13.1 Å². The van der Waals surface area contributed by atoms with Crippen LogP contribution in [0.25, 0.3) is 0 Å². The highest BCUT2D eigenvalue weighted by molar-refractivity contribution is 5.70. The molecule has 0 bridgehead atoms. The van der Waals surface area contributed by atoms with Gasteiger partial charge >= 0.3 is 11.9 Å². The molecule has 6 nitrogen and oxygen atoms in total. The van der Waals surface area contributed by atoms with E-state index in [1.165, 1.54) is 77.0 Å². The van der Waals surface area contributed by atoms with Crippen molar-refractivity contribution in [3.8, 4) is 0 Å². The summed E-state index contributed by atoms with van der Waals surface area (Å²) in [6.45, 7) is 7.85. The minimum Gasteiger partial charge on any atom is -0.462 e. The van der Waals surface area contributed by atoms with E-state index in [2.05, 4.69) is 42.0 Å². The number of carbonyl (C=O) groups is 2. The Morgan fingerprint density at radius 3 is 1.06 bits per heavy atom. The Kier molecular flexibility index (Phi) is 21.2. The molecular weight excluding hydrogens is 452 g/mol. The van der Waals surface area contributed by atoms with Crippen LogP contribution in [0.2, 0.25) is 0 Å². The van der Waals surface area contributed by atoms with Crippen LogP contribution in [0.1, 0.15) is 117 Å². The number of hydrogen-bond acceptors (Lipinski definition) is 4. The topological polar surface area (TPSA) is 52.6 Å². The van der Waals surface area contributed by atoms with Crippen molar-refractivity contribution < 1.29 is 28.0 Å². The zero-order chi connectivity index (χ0) is 27.1. The summed E-state index contributed by atoms with van der Waals surface area (Å²) in [7, 11) is 8.21. The summed E-state index contributed by atoms with van der Waals surface area (Å²) in [4.78, 5) is 24.6. The van der Waals surface area contributed by atoms with E-state index in [1.54, 1.807) is 0 Å². The van der Waals surface area contributed by atoms with Crippen LogP contribution in [0.15, 0.2) is 0 Å². The average molecular weight is 515 g/mol. The first-order valence-corrected chi connectivity index (χ1v) is 15.1. The van der Waals surface area contributed by atoms with Crippen molar-refractivity contribution in [1.82, 2.24) is 0 Å². The van der Waals surface area contributed by atoms with E-state index in [4.69, 9.17) is 9.47 Å². The molecule has 0 unspecified atom stereocenters. The molecule has 0 N–H and O–H groups in total. The van der Waals surface area contributed by atoms with Gasteiger partial charge in [0.25, 0.3) is 0 Å². The molecule has 0 aliphatic carbocycles. The fraction of sp³-hybridized carbons (Fsp3) is 0.933. The Balaban J connectivity index is 3.92. The maximum absolute atomic E-state index is 12.3. The predicted octanol–water partition coefficient (Wildman–Crippen LogP) is 6.51. The van der Waals surface area contributed by atoms with Crippen molar-refractivity contribution in [1.29, 1.82) is 0 Å². The molecule has 0 heterocycles. The highest BCUT2D eigenvalue weighted by Gasteiger charge is 2.28. The largest absolute Gasteiger partial charge is 0.462 e. The van der Waals surface area contributed by atoms with E-state index in [0.29, 0.717) is 35.3 Å². The standard InChI is InChI=1S/C30H62N2O4/c1-7-9-11-13-15-17-19-21-25-35-29(33)27-31(3,4)23-24-32(5,6)28-30(34)36-26-22-20-18-16-14-12-10-8-2/h7-28H2,1-6H3/q+2.